The number of aliphatic imine (C=N–C) groups is 1. The lowest BCUT2D eigenvalue weighted by atomic mass is 10.1. The SMILES string of the molecule is CCNC(=NCc1ccccc1)NCc1ccc(CS(=O)(=O)NC(C)C)cc1.I. The predicted octanol–water partition coefficient (Wildman–Crippen LogP) is 3.39. The number of hydrogen-bond acceptors (Lipinski definition) is 3. The molecule has 0 aliphatic carbocycles. The Morgan fingerprint density at radius 2 is 1.55 bits per heavy atom. The smallest absolute Gasteiger partial charge is 0.216 e. The Morgan fingerprint density at radius 1 is 0.931 bits per heavy atom. The number of sulfonamides is 1. The number of hydrogen-bond donors (Lipinski definition) is 3. The summed E-state index contributed by atoms with van der Waals surface area (Å²) in [6.07, 6.45) is 0. The van der Waals surface area contributed by atoms with E-state index in [0.717, 1.165) is 29.2 Å². The molecule has 29 heavy (non-hydrogen) atoms. The number of nitrogens with zero attached hydrogens (tertiary/aromatic N) is 1. The van der Waals surface area contributed by atoms with Gasteiger partial charge in [0.25, 0.3) is 0 Å². The quantitative estimate of drug-likeness (QED) is 0.264. The molecule has 0 saturated carbocycles. The molecular formula is C21H31IN4O2S. The molecule has 0 bridgehead atoms. The number of benzene rings is 2. The van der Waals surface area contributed by atoms with Crippen LogP contribution in [0.2, 0.25) is 0 Å². The Labute approximate surface area is 191 Å². The molecule has 2 aromatic rings. The van der Waals surface area contributed by atoms with Gasteiger partial charge in [0.15, 0.2) is 5.96 Å². The van der Waals surface area contributed by atoms with Crippen LogP contribution in [0.5, 0.6) is 0 Å². The molecule has 0 spiro atoms. The van der Waals surface area contributed by atoms with E-state index in [1.54, 1.807) is 0 Å². The van der Waals surface area contributed by atoms with Crippen molar-refractivity contribution in [1.82, 2.24) is 15.4 Å². The fraction of sp³-hybridized carbons (Fsp3) is 0.381. The third kappa shape index (κ3) is 10.1. The average molecular weight is 530 g/mol. The summed E-state index contributed by atoms with van der Waals surface area (Å²) in [4.78, 5) is 4.60. The number of rotatable bonds is 9. The van der Waals surface area contributed by atoms with Crippen LogP contribution < -0.4 is 15.4 Å². The maximum absolute atomic E-state index is 12.0. The number of nitrogens with one attached hydrogen (secondary N) is 3. The van der Waals surface area contributed by atoms with E-state index < -0.39 is 10.0 Å². The van der Waals surface area contributed by atoms with Crippen molar-refractivity contribution in [3.8, 4) is 0 Å². The molecule has 8 heteroatoms. The summed E-state index contributed by atoms with van der Waals surface area (Å²) in [5.41, 5.74) is 2.98. The fourth-order valence-corrected chi connectivity index (χ4v) is 4.09. The molecule has 2 rings (SSSR count). The highest BCUT2D eigenvalue weighted by atomic mass is 127. The molecule has 0 aliphatic heterocycles. The fourth-order valence-electron chi connectivity index (χ4n) is 2.65. The van der Waals surface area contributed by atoms with Gasteiger partial charge in [0, 0.05) is 19.1 Å². The van der Waals surface area contributed by atoms with Gasteiger partial charge in [0.05, 0.1) is 12.3 Å². The second kappa shape index (κ2) is 12.8. The molecule has 0 atom stereocenters. The highest BCUT2D eigenvalue weighted by Crippen LogP contribution is 2.08. The molecule has 0 fully saturated rings. The Hall–Kier alpha value is -1.65. The van der Waals surface area contributed by atoms with E-state index in [1.807, 2.05) is 75.4 Å². The van der Waals surface area contributed by atoms with Crippen molar-refractivity contribution >= 4 is 40.0 Å². The van der Waals surface area contributed by atoms with Gasteiger partial charge in [0.1, 0.15) is 0 Å². The lowest BCUT2D eigenvalue weighted by Gasteiger charge is -2.12. The van der Waals surface area contributed by atoms with Crippen molar-refractivity contribution in [2.24, 2.45) is 4.99 Å². The summed E-state index contributed by atoms with van der Waals surface area (Å²) < 4.78 is 26.6. The summed E-state index contributed by atoms with van der Waals surface area (Å²) in [6, 6.07) is 17.6. The standard InChI is InChI=1S/C21H30N4O2S.HI/c1-4-22-21(23-14-18-8-6-5-7-9-18)24-15-19-10-12-20(13-11-19)16-28(26,27)25-17(2)3;/h5-13,17,25H,4,14-16H2,1-3H3,(H2,22,23,24);1H. The molecule has 0 saturated heterocycles. The zero-order chi connectivity index (χ0) is 20.4. The van der Waals surface area contributed by atoms with E-state index in [1.165, 1.54) is 0 Å². The largest absolute Gasteiger partial charge is 0.357 e. The lowest BCUT2D eigenvalue weighted by Crippen LogP contribution is -2.36. The topological polar surface area (TPSA) is 82.6 Å². The summed E-state index contributed by atoms with van der Waals surface area (Å²) in [5, 5.41) is 6.54. The molecule has 0 heterocycles. The zero-order valence-electron chi connectivity index (χ0n) is 17.2. The monoisotopic (exact) mass is 530 g/mol. The van der Waals surface area contributed by atoms with Crippen LogP contribution in [-0.2, 0) is 28.9 Å². The summed E-state index contributed by atoms with van der Waals surface area (Å²) >= 11 is 0. The normalized spacial score (nSPS) is 11.8. The Kier molecular flexibility index (Phi) is 11.2. The minimum Gasteiger partial charge on any atom is -0.357 e. The van der Waals surface area contributed by atoms with Gasteiger partial charge in [-0.3, -0.25) is 0 Å². The molecule has 3 N–H and O–H groups in total. The molecule has 0 amide bonds. The first kappa shape index (κ1) is 25.4. The van der Waals surface area contributed by atoms with Gasteiger partial charge >= 0.3 is 0 Å². The van der Waals surface area contributed by atoms with Gasteiger partial charge < -0.3 is 10.6 Å². The Bertz CT molecular complexity index is 854. The molecule has 0 radical (unpaired) electrons. The van der Waals surface area contributed by atoms with Crippen LogP contribution in [0.1, 0.15) is 37.5 Å². The summed E-state index contributed by atoms with van der Waals surface area (Å²) in [6.45, 7) is 7.65. The minimum atomic E-state index is -3.31. The zero-order valence-corrected chi connectivity index (χ0v) is 20.3. The van der Waals surface area contributed by atoms with Crippen molar-refractivity contribution in [3.63, 3.8) is 0 Å². The van der Waals surface area contributed by atoms with Gasteiger partial charge in [-0.1, -0.05) is 54.6 Å². The van der Waals surface area contributed by atoms with Crippen molar-refractivity contribution in [2.45, 2.75) is 45.7 Å². The molecule has 0 aromatic heterocycles. The van der Waals surface area contributed by atoms with Gasteiger partial charge in [-0.2, -0.15) is 0 Å². The second-order valence-electron chi connectivity index (χ2n) is 6.88. The molecule has 0 aliphatic rings. The highest BCUT2D eigenvalue weighted by Gasteiger charge is 2.12. The second-order valence-corrected chi connectivity index (χ2v) is 8.64. The van der Waals surface area contributed by atoms with Crippen LogP contribution in [0.15, 0.2) is 59.6 Å². The van der Waals surface area contributed by atoms with E-state index in [2.05, 4.69) is 20.3 Å². The van der Waals surface area contributed by atoms with E-state index >= 15 is 0 Å². The molecule has 2 aromatic carbocycles. The van der Waals surface area contributed by atoms with Crippen LogP contribution in [-0.4, -0.2) is 27.0 Å². The summed E-state index contributed by atoms with van der Waals surface area (Å²) in [7, 11) is -3.31. The van der Waals surface area contributed by atoms with E-state index in [9.17, 15) is 8.42 Å². The Balaban J connectivity index is 0.00000420. The molecular weight excluding hydrogens is 499 g/mol. The molecule has 6 nitrogen and oxygen atoms in total. The molecule has 160 valence electrons. The van der Waals surface area contributed by atoms with Gasteiger partial charge in [-0.25, -0.2) is 18.1 Å². The van der Waals surface area contributed by atoms with Gasteiger partial charge in [-0.15, -0.1) is 24.0 Å². The number of halogens is 1. The molecule has 0 unspecified atom stereocenters. The lowest BCUT2D eigenvalue weighted by molar-refractivity contribution is 0.569. The summed E-state index contributed by atoms with van der Waals surface area (Å²) in [5.74, 6) is 0.735. The first-order chi connectivity index (χ1) is 13.4. The van der Waals surface area contributed by atoms with Crippen molar-refractivity contribution in [2.75, 3.05) is 6.54 Å². The van der Waals surface area contributed by atoms with Crippen molar-refractivity contribution in [3.05, 3.63) is 71.3 Å². The van der Waals surface area contributed by atoms with E-state index in [-0.39, 0.29) is 35.8 Å². The van der Waals surface area contributed by atoms with Gasteiger partial charge in [0.2, 0.25) is 10.0 Å². The van der Waals surface area contributed by atoms with Crippen LogP contribution in [0.4, 0.5) is 0 Å². The van der Waals surface area contributed by atoms with Crippen LogP contribution in [0, 0.1) is 0 Å². The maximum atomic E-state index is 12.0. The van der Waals surface area contributed by atoms with Gasteiger partial charge in [-0.05, 0) is 37.5 Å². The maximum Gasteiger partial charge on any atom is 0.216 e. The minimum absolute atomic E-state index is 0. The van der Waals surface area contributed by atoms with E-state index in [0.29, 0.717) is 13.1 Å². The van der Waals surface area contributed by atoms with Crippen LogP contribution >= 0.6 is 24.0 Å². The third-order valence-corrected chi connectivity index (χ3v) is 5.41. The predicted molar refractivity (Wildman–Crippen MR) is 131 cm³/mol. The van der Waals surface area contributed by atoms with Crippen LogP contribution in [0.3, 0.4) is 0 Å². The average Bonchev–Trinajstić information content (AvgIpc) is 2.64. The third-order valence-electron chi connectivity index (χ3n) is 3.86. The van der Waals surface area contributed by atoms with Crippen LogP contribution in [0.25, 0.3) is 0 Å². The van der Waals surface area contributed by atoms with E-state index in [4.69, 9.17) is 0 Å². The van der Waals surface area contributed by atoms with Crippen molar-refractivity contribution in [1.29, 1.82) is 0 Å². The van der Waals surface area contributed by atoms with Crippen molar-refractivity contribution < 1.29 is 8.42 Å². The first-order valence-electron chi connectivity index (χ1n) is 9.52. The number of guanidine groups is 1. The Morgan fingerprint density at radius 3 is 2.14 bits per heavy atom. The highest BCUT2D eigenvalue weighted by molar-refractivity contribution is 14.0. The first-order valence-corrected chi connectivity index (χ1v) is 11.2.